The van der Waals surface area contributed by atoms with Crippen LogP contribution in [0.25, 0.3) is 0 Å². The number of methoxy groups -OCH3 is 1. The van der Waals surface area contributed by atoms with Crippen molar-refractivity contribution in [1.82, 2.24) is 10.2 Å². The molecule has 2 heterocycles. The Balaban J connectivity index is 1.70. The van der Waals surface area contributed by atoms with E-state index < -0.39 is 5.60 Å². The molecule has 1 N–H and O–H groups in total. The molecule has 1 amide bonds. The van der Waals surface area contributed by atoms with Crippen LogP contribution in [0.4, 0.5) is 0 Å². The van der Waals surface area contributed by atoms with E-state index in [1.165, 1.54) is 24.0 Å². The molecule has 2 unspecified atom stereocenters. The van der Waals surface area contributed by atoms with Crippen molar-refractivity contribution < 1.29 is 14.3 Å². The normalized spacial score (nSPS) is 25.8. The molecular weight excluding hydrogens is 304 g/mol. The summed E-state index contributed by atoms with van der Waals surface area (Å²) in [7, 11) is 1.59. The number of amides is 1. The van der Waals surface area contributed by atoms with Crippen LogP contribution in [0.5, 0.6) is 0 Å². The number of benzene rings is 1. The van der Waals surface area contributed by atoms with Gasteiger partial charge in [-0.2, -0.15) is 0 Å². The fraction of sp³-hybridized carbons (Fsp3) is 0.632. The first kappa shape index (κ1) is 17.4. The molecule has 0 saturated carbocycles. The summed E-state index contributed by atoms with van der Waals surface area (Å²) in [5, 5.41) is 3.12. The maximum Gasteiger partial charge on any atom is 0.254 e. The minimum atomic E-state index is -0.817. The third-order valence-electron chi connectivity index (χ3n) is 5.29. The van der Waals surface area contributed by atoms with Gasteiger partial charge in [-0.15, -0.1) is 0 Å². The number of likely N-dealkylation sites (tertiary alicyclic amines) is 1. The Bertz CT molecular complexity index is 546. The molecule has 132 valence electrons. The lowest BCUT2D eigenvalue weighted by molar-refractivity contribution is -0.143. The molecule has 0 bridgehead atoms. The zero-order valence-electron chi connectivity index (χ0n) is 14.7. The Labute approximate surface area is 144 Å². The van der Waals surface area contributed by atoms with Crippen molar-refractivity contribution in [2.24, 2.45) is 0 Å². The van der Waals surface area contributed by atoms with E-state index in [-0.39, 0.29) is 11.9 Å². The summed E-state index contributed by atoms with van der Waals surface area (Å²) in [4.78, 5) is 15.1. The van der Waals surface area contributed by atoms with Crippen molar-refractivity contribution in [3.05, 3.63) is 35.4 Å². The van der Waals surface area contributed by atoms with Gasteiger partial charge >= 0.3 is 0 Å². The zero-order valence-corrected chi connectivity index (χ0v) is 14.7. The lowest BCUT2D eigenvalue weighted by atomic mass is 10.0. The molecule has 1 aromatic rings. The van der Waals surface area contributed by atoms with Crippen LogP contribution >= 0.6 is 0 Å². The number of carbonyl (C=O) groups is 1. The van der Waals surface area contributed by atoms with Crippen LogP contribution in [0.2, 0.25) is 0 Å². The minimum absolute atomic E-state index is 0.0567. The molecule has 0 radical (unpaired) electrons. The lowest BCUT2D eigenvalue weighted by Crippen LogP contribution is -2.50. The highest BCUT2D eigenvalue weighted by Crippen LogP contribution is 2.26. The van der Waals surface area contributed by atoms with Gasteiger partial charge in [0.15, 0.2) is 5.60 Å². The maximum absolute atomic E-state index is 12.7. The van der Waals surface area contributed by atoms with Gasteiger partial charge in [-0.05, 0) is 38.4 Å². The SMILES string of the molecule is COC1(C(=O)NCC(c2ccc(C)cc2)N2CCCC2)CCOC1. The number of aryl methyl sites for hydroxylation is 1. The van der Waals surface area contributed by atoms with Gasteiger partial charge in [0.05, 0.1) is 19.3 Å². The second-order valence-corrected chi connectivity index (χ2v) is 6.88. The van der Waals surface area contributed by atoms with Crippen molar-refractivity contribution >= 4 is 5.91 Å². The second kappa shape index (κ2) is 7.64. The number of nitrogens with zero attached hydrogens (tertiary/aromatic N) is 1. The summed E-state index contributed by atoms with van der Waals surface area (Å²) in [6.07, 6.45) is 3.08. The number of carbonyl (C=O) groups excluding carboxylic acids is 1. The smallest absolute Gasteiger partial charge is 0.254 e. The highest BCUT2D eigenvalue weighted by atomic mass is 16.6. The largest absolute Gasteiger partial charge is 0.378 e. The Hall–Kier alpha value is -1.43. The number of ether oxygens (including phenoxy) is 2. The molecule has 2 fully saturated rings. The summed E-state index contributed by atoms with van der Waals surface area (Å²) >= 11 is 0. The van der Waals surface area contributed by atoms with Gasteiger partial charge in [-0.1, -0.05) is 29.8 Å². The molecule has 2 saturated heterocycles. The molecule has 0 aliphatic carbocycles. The summed E-state index contributed by atoms with van der Waals surface area (Å²) in [6, 6.07) is 8.85. The van der Waals surface area contributed by atoms with Gasteiger partial charge in [0, 0.05) is 20.1 Å². The Morgan fingerprint density at radius 1 is 1.33 bits per heavy atom. The molecule has 5 heteroatoms. The first-order valence-electron chi connectivity index (χ1n) is 8.86. The van der Waals surface area contributed by atoms with Crippen molar-refractivity contribution in [2.75, 3.05) is 40.0 Å². The van der Waals surface area contributed by atoms with Crippen LogP contribution in [-0.2, 0) is 14.3 Å². The second-order valence-electron chi connectivity index (χ2n) is 6.88. The first-order valence-corrected chi connectivity index (χ1v) is 8.86. The Morgan fingerprint density at radius 2 is 2.04 bits per heavy atom. The van der Waals surface area contributed by atoms with Crippen LogP contribution in [0.1, 0.15) is 36.4 Å². The van der Waals surface area contributed by atoms with Crippen LogP contribution in [-0.4, -0.2) is 56.4 Å². The van der Waals surface area contributed by atoms with Crippen molar-refractivity contribution in [3.8, 4) is 0 Å². The molecule has 0 aromatic heterocycles. The van der Waals surface area contributed by atoms with Crippen LogP contribution in [0.15, 0.2) is 24.3 Å². The van der Waals surface area contributed by atoms with Crippen LogP contribution in [0.3, 0.4) is 0 Å². The van der Waals surface area contributed by atoms with E-state index in [9.17, 15) is 4.79 Å². The van der Waals surface area contributed by atoms with Gasteiger partial charge < -0.3 is 14.8 Å². The average molecular weight is 332 g/mol. The van der Waals surface area contributed by atoms with Gasteiger partial charge in [0.2, 0.25) is 0 Å². The van der Waals surface area contributed by atoms with Gasteiger partial charge in [0.25, 0.3) is 5.91 Å². The molecule has 5 nitrogen and oxygen atoms in total. The summed E-state index contributed by atoms with van der Waals surface area (Å²) < 4.78 is 10.9. The highest BCUT2D eigenvalue weighted by Gasteiger charge is 2.42. The van der Waals surface area contributed by atoms with Crippen molar-refractivity contribution in [2.45, 2.75) is 37.8 Å². The van der Waals surface area contributed by atoms with E-state index in [2.05, 4.69) is 41.4 Å². The van der Waals surface area contributed by atoms with Gasteiger partial charge in [-0.25, -0.2) is 0 Å². The van der Waals surface area contributed by atoms with Gasteiger partial charge in [0.1, 0.15) is 0 Å². The lowest BCUT2D eigenvalue weighted by Gasteiger charge is -2.30. The number of rotatable bonds is 6. The first-order chi connectivity index (χ1) is 11.6. The number of hydrogen-bond acceptors (Lipinski definition) is 4. The molecule has 24 heavy (non-hydrogen) atoms. The van der Waals surface area contributed by atoms with Crippen molar-refractivity contribution in [3.63, 3.8) is 0 Å². The Morgan fingerprint density at radius 3 is 2.62 bits per heavy atom. The fourth-order valence-corrected chi connectivity index (χ4v) is 3.63. The monoisotopic (exact) mass is 332 g/mol. The third kappa shape index (κ3) is 3.63. The average Bonchev–Trinajstić information content (AvgIpc) is 3.29. The van der Waals surface area contributed by atoms with Gasteiger partial charge in [-0.3, -0.25) is 9.69 Å². The molecule has 0 spiro atoms. The predicted octanol–water partition coefficient (Wildman–Crippen LogP) is 2.05. The predicted molar refractivity (Wildman–Crippen MR) is 92.9 cm³/mol. The summed E-state index contributed by atoms with van der Waals surface area (Å²) in [6.45, 7) is 5.80. The molecule has 2 aliphatic heterocycles. The zero-order chi connectivity index (χ0) is 17.0. The highest BCUT2D eigenvalue weighted by molar-refractivity contribution is 5.85. The molecule has 3 rings (SSSR count). The van der Waals surface area contributed by atoms with E-state index in [1.807, 2.05) is 0 Å². The molecule has 1 aromatic carbocycles. The topological polar surface area (TPSA) is 50.8 Å². The van der Waals surface area contributed by atoms with E-state index in [0.717, 1.165) is 13.1 Å². The molecule has 2 aliphatic rings. The van der Waals surface area contributed by atoms with Crippen molar-refractivity contribution in [1.29, 1.82) is 0 Å². The fourth-order valence-electron chi connectivity index (χ4n) is 3.63. The van der Waals surface area contributed by atoms with Crippen LogP contribution < -0.4 is 5.32 Å². The van der Waals surface area contributed by atoms with E-state index in [0.29, 0.717) is 26.2 Å². The summed E-state index contributed by atoms with van der Waals surface area (Å²) in [5.74, 6) is -0.0567. The molecule has 2 atom stereocenters. The number of nitrogens with one attached hydrogen (secondary N) is 1. The standard InChI is InChI=1S/C19H28N2O3/c1-15-5-7-16(8-6-15)17(21-10-3-4-11-21)13-20-18(22)19(23-2)9-12-24-14-19/h5-8,17H,3-4,9-14H2,1-2H3,(H,20,22). The quantitative estimate of drug-likeness (QED) is 0.866. The van der Waals surface area contributed by atoms with E-state index >= 15 is 0 Å². The third-order valence-corrected chi connectivity index (χ3v) is 5.29. The van der Waals surface area contributed by atoms with E-state index in [4.69, 9.17) is 9.47 Å². The van der Waals surface area contributed by atoms with E-state index in [1.54, 1.807) is 7.11 Å². The number of hydrogen-bond donors (Lipinski definition) is 1. The minimum Gasteiger partial charge on any atom is -0.378 e. The van der Waals surface area contributed by atoms with Crippen LogP contribution in [0, 0.1) is 6.92 Å². The molecular formula is C19H28N2O3. The Kier molecular flexibility index (Phi) is 5.54. The summed E-state index contributed by atoms with van der Waals surface area (Å²) in [5.41, 5.74) is 1.70. The maximum atomic E-state index is 12.7.